The Morgan fingerprint density at radius 1 is 0.933 bits per heavy atom. The van der Waals surface area contributed by atoms with Gasteiger partial charge in [0.2, 0.25) is 5.95 Å². The number of nitrogens with one attached hydrogen (secondary N) is 1. The van der Waals surface area contributed by atoms with Crippen molar-refractivity contribution >= 4 is 23.5 Å². The van der Waals surface area contributed by atoms with E-state index >= 15 is 0 Å². The standard InChI is InChI=1S/C21H26F2N6O/c1-15-13-19(27-7-3-2-4-8-27)26-20(24-15)28-9-11-29(12-10-28)21(30)25-18-6-5-16(22)14-17(18)23/h5-6,13-14H,2-4,7-12H2,1H3,(H,25,30). The first-order chi connectivity index (χ1) is 14.5. The number of hydrogen-bond donors (Lipinski definition) is 1. The maximum absolute atomic E-state index is 13.8. The van der Waals surface area contributed by atoms with Crippen LogP contribution in [0.4, 0.5) is 31.0 Å². The van der Waals surface area contributed by atoms with E-state index in [1.807, 2.05) is 13.0 Å². The Morgan fingerprint density at radius 3 is 2.37 bits per heavy atom. The molecule has 160 valence electrons. The third kappa shape index (κ3) is 4.60. The highest BCUT2D eigenvalue weighted by atomic mass is 19.1. The summed E-state index contributed by atoms with van der Waals surface area (Å²) in [5.41, 5.74) is 0.893. The van der Waals surface area contributed by atoms with E-state index in [0.29, 0.717) is 32.1 Å². The first-order valence-electron chi connectivity index (χ1n) is 10.4. The van der Waals surface area contributed by atoms with Crippen molar-refractivity contribution in [3.63, 3.8) is 0 Å². The highest BCUT2D eigenvalue weighted by Crippen LogP contribution is 2.22. The summed E-state index contributed by atoms with van der Waals surface area (Å²) >= 11 is 0. The van der Waals surface area contributed by atoms with Gasteiger partial charge in [0.25, 0.3) is 0 Å². The maximum atomic E-state index is 13.8. The summed E-state index contributed by atoms with van der Waals surface area (Å²) in [5.74, 6) is 0.172. The average Bonchev–Trinajstić information content (AvgIpc) is 2.76. The fraction of sp³-hybridized carbons (Fsp3) is 0.476. The molecule has 0 radical (unpaired) electrons. The third-order valence-electron chi connectivity index (χ3n) is 5.53. The largest absolute Gasteiger partial charge is 0.356 e. The van der Waals surface area contributed by atoms with Crippen molar-refractivity contribution < 1.29 is 13.6 Å². The number of aromatic nitrogens is 2. The molecule has 0 bridgehead atoms. The molecule has 2 amide bonds. The zero-order valence-electron chi connectivity index (χ0n) is 17.1. The monoisotopic (exact) mass is 416 g/mol. The molecule has 2 aromatic rings. The van der Waals surface area contributed by atoms with Gasteiger partial charge in [0.15, 0.2) is 0 Å². The number of carbonyl (C=O) groups is 1. The highest BCUT2D eigenvalue weighted by Gasteiger charge is 2.24. The predicted octanol–water partition coefficient (Wildman–Crippen LogP) is 3.41. The summed E-state index contributed by atoms with van der Waals surface area (Å²) in [6.07, 6.45) is 3.63. The maximum Gasteiger partial charge on any atom is 0.322 e. The Morgan fingerprint density at radius 2 is 1.67 bits per heavy atom. The Hall–Kier alpha value is -2.97. The smallest absolute Gasteiger partial charge is 0.322 e. The molecule has 1 N–H and O–H groups in total. The van der Waals surface area contributed by atoms with Crippen molar-refractivity contribution in [3.8, 4) is 0 Å². The molecule has 0 saturated carbocycles. The number of carbonyl (C=O) groups excluding carboxylic acids is 1. The summed E-state index contributed by atoms with van der Waals surface area (Å²) in [7, 11) is 0. The van der Waals surface area contributed by atoms with Crippen LogP contribution in [-0.2, 0) is 0 Å². The summed E-state index contributed by atoms with van der Waals surface area (Å²) < 4.78 is 26.8. The molecule has 4 rings (SSSR count). The van der Waals surface area contributed by atoms with Crippen LogP contribution in [0.15, 0.2) is 24.3 Å². The van der Waals surface area contributed by atoms with Crippen molar-refractivity contribution in [2.24, 2.45) is 0 Å². The van der Waals surface area contributed by atoms with Crippen LogP contribution in [0.1, 0.15) is 25.0 Å². The molecule has 0 aliphatic carbocycles. The zero-order valence-corrected chi connectivity index (χ0v) is 17.1. The van der Waals surface area contributed by atoms with Gasteiger partial charge in [-0.25, -0.2) is 18.6 Å². The van der Waals surface area contributed by atoms with E-state index in [-0.39, 0.29) is 5.69 Å². The first-order valence-corrected chi connectivity index (χ1v) is 10.4. The second-order valence-corrected chi connectivity index (χ2v) is 7.74. The molecule has 0 spiro atoms. The lowest BCUT2D eigenvalue weighted by Gasteiger charge is -2.35. The van der Waals surface area contributed by atoms with Crippen LogP contribution in [-0.4, -0.2) is 60.2 Å². The predicted molar refractivity (Wildman–Crippen MR) is 112 cm³/mol. The molecule has 3 heterocycles. The van der Waals surface area contributed by atoms with Gasteiger partial charge in [-0.15, -0.1) is 0 Å². The first kappa shape index (κ1) is 20.3. The average molecular weight is 416 g/mol. The molecular formula is C21H26F2N6O. The molecule has 30 heavy (non-hydrogen) atoms. The van der Waals surface area contributed by atoms with E-state index in [1.54, 1.807) is 4.90 Å². The summed E-state index contributed by atoms with van der Waals surface area (Å²) in [5, 5.41) is 2.51. The SMILES string of the molecule is Cc1cc(N2CCCCC2)nc(N2CCN(C(=O)Nc3ccc(F)cc3F)CC2)n1. The number of piperazine rings is 1. The summed E-state index contributed by atoms with van der Waals surface area (Å²) in [6.45, 7) is 6.10. The molecule has 9 heteroatoms. The van der Waals surface area contributed by atoms with Crippen LogP contribution >= 0.6 is 0 Å². The number of piperidine rings is 1. The molecule has 0 atom stereocenters. The second kappa shape index (κ2) is 8.81. The van der Waals surface area contributed by atoms with Crippen molar-refractivity contribution in [2.75, 3.05) is 54.4 Å². The zero-order chi connectivity index (χ0) is 21.1. The van der Waals surface area contributed by atoms with Gasteiger partial charge in [-0.2, -0.15) is 4.98 Å². The normalized spacial score (nSPS) is 17.2. The van der Waals surface area contributed by atoms with Crippen molar-refractivity contribution in [1.82, 2.24) is 14.9 Å². The van der Waals surface area contributed by atoms with E-state index in [0.717, 1.165) is 36.7 Å². The number of nitrogens with zero attached hydrogens (tertiary/aromatic N) is 5. The van der Waals surface area contributed by atoms with Gasteiger partial charge < -0.3 is 20.0 Å². The van der Waals surface area contributed by atoms with Gasteiger partial charge in [0.1, 0.15) is 17.5 Å². The molecular weight excluding hydrogens is 390 g/mol. The van der Waals surface area contributed by atoms with Gasteiger partial charge in [-0.3, -0.25) is 0 Å². The third-order valence-corrected chi connectivity index (χ3v) is 5.53. The number of amides is 2. The van der Waals surface area contributed by atoms with Gasteiger partial charge in [-0.05, 0) is 38.3 Å². The van der Waals surface area contributed by atoms with Crippen LogP contribution in [0.25, 0.3) is 0 Å². The fourth-order valence-electron chi connectivity index (χ4n) is 3.86. The van der Waals surface area contributed by atoms with Crippen molar-refractivity contribution in [2.45, 2.75) is 26.2 Å². The minimum atomic E-state index is -0.791. The fourth-order valence-corrected chi connectivity index (χ4v) is 3.86. The molecule has 2 aliphatic rings. The van der Waals surface area contributed by atoms with Crippen molar-refractivity contribution in [3.05, 3.63) is 41.6 Å². The Balaban J connectivity index is 1.38. The number of benzene rings is 1. The van der Waals surface area contributed by atoms with Gasteiger partial charge in [-0.1, -0.05) is 0 Å². The molecule has 2 saturated heterocycles. The Labute approximate surface area is 174 Å². The molecule has 7 nitrogen and oxygen atoms in total. The van der Waals surface area contributed by atoms with Crippen LogP contribution < -0.4 is 15.1 Å². The number of aryl methyl sites for hydroxylation is 1. The Kier molecular flexibility index (Phi) is 5.96. The second-order valence-electron chi connectivity index (χ2n) is 7.74. The lowest BCUT2D eigenvalue weighted by atomic mass is 10.1. The van der Waals surface area contributed by atoms with Crippen LogP contribution in [0.3, 0.4) is 0 Å². The van der Waals surface area contributed by atoms with E-state index < -0.39 is 17.7 Å². The number of rotatable bonds is 3. The molecule has 1 aromatic carbocycles. The molecule has 2 aliphatic heterocycles. The lowest BCUT2D eigenvalue weighted by Crippen LogP contribution is -2.50. The minimum absolute atomic E-state index is 0.0305. The Bertz CT molecular complexity index is 910. The number of anilines is 3. The quantitative estimate of drug-likeness (QED) is 0.831. The summed E-state index contributed by atoms with van der Waals surface area (Å²) in [6, 6.07) is 4.71. The van der Waals surface area contributed by atoms with Gasteiger partial charge >= 0.3 is 6.03 Å². The van der Waals surface area contributed by atoms with Crippen LogP contribution in [0.5, 0.6) is 0 Å². The van der Waals surface area contributed by atoms with E-state index in [2.05, 4.69) is 20.1 Å². The topological polar surface area (TPSA) is 64.6 Å². The van der Waals surface area contributed by atoms with Crippen molar-refractivity contribution in [1.29, 1.82) is 0 Å². The molecule has 1 aromatic heterocycles. The minimum Gasteiger partial charge on any atom is -0.356 e. The van der Waals surface area contributed by atoms with Gasteiger partial charge in [0.05, 0.1) is 5.69 Å². The van der Waals surface area contributed by atoms with Gasteiger partial charge in [0, 0.05) is 57.1 Å². The van der Waals surface area contributed by atoms with E-state index in [1.165, 1.54) is 25.3 Å². The van der Waals surface area contributed by atoms with Crippen LogP contribution in [0, 0.1) is 18.6 Å². The molecule has 2 fully saturated rings. The summed E-state index contributed by atoms with van der Waals surface area (Å²) in [4.78, 5) is 27.8. The van der Waals surface area contributed by atoms with E-state index in [9.17, 15) is 13.6 Å². The molecule has 0 unspecified atom stereocenters. The lowest BCUT2D eigenvalue weighted by molar-refractivity contribution is 0.208. The number of urea groups is 1. The number of hydrogen-bond acceptors (Lipinski definition) is 5. The van der Waals surface area contributed by atoms with Crippen LogP contribution in [0.2, 0.25) is 0 Å². The van der Waals surface area contributed by atoms with E-state index in [4.69, 9.17) is 4.98 Å². The highest BCUT2D eigenvalue weighted by molar-refractivity contribution is 5.89. The number of halogens is 2.